The van der Waals surface area contributed by atoms with Crippen LogP contribution < -0.4 is 25.0 Å². The van der Waals surface area contributed by atoms with Crippen LogP contribution >= 0.6 is 0 Å². The van der Waals surface area contributed by atoms with E-state index in [-0.39, 0.29) is 11.8 Å². The van der Waals surface area contributed by atoms with Crippen molar-refractivity contribution in [1.82, 2.24) is 10.6 Å². The van der Waals surface area contributed by atoms with Crippen molar-refractivity contribution in [2.24, 2.45) is 0 Å². The van der Waals surface area contributed by atoms with E-state index in [9.17, 15) is 9.59 Å². The maximum Gasteiger partial charge on any atom is 0.251 e. The van der Waals surface area contributed by atoms with E-state index >= 15 is 0 Å². The first-order valence-corrected chi connectivity index (χ1v) is 8.52. The quantitative estimate of drug-likeness (QED) is 0.693. The van der Waals surface area contributed by atoms with Gasteiger partial charge in [-0.3, -0.25) is 9.59 Å². The third-order valence-corrected chi connectivity index (χ3v) is 3.99. The Labute approximate surface area is 159 Å². The molecule has 0 aliphatic carbocycles. The van der Waals surface area contributed by atoms with Crippen molar-refractivity contribution in [2.75, 3.05) is 46.3 Å². The van der Waals surface area contributed by atoms with Gasteiger partial charge in [0, 0.05) is 44.0 Å². The van der Waals surface area contributed by atoms with Gasteiger partial charge in [0.15, 0.2) is 11.5 Å². The molecule has 2 aromatic carbocycles. The van der Waals surface area contributed by atoms with Gasteiger partial charge >= 0.3 is 0 Å². The first-order chi connectivity index (χ1) is 13.0. The van der Waals surface area contributed by atoms with Crippen LogP contribution in [-0.4, -0.2) is 53.2 Å². The molecule has 0 unspecified atom stereocenters. The van der Waals surface area contributed by atoms with E-state index in [1.54, 1.807) is 30.3 Å². The second-order valence-corrected chi connectivity index (χ2v) is 6.02. The number of rotatable bonds is 8. The summed E-state index contributed by atoms with van der Waals surface area (Å²) in [5, 5.41) is 5.55. The van der Waals surface area contributed by atoms with Gasteiger partial charge in [-0.25, -0.2) is 0 Å². The molecule has 7 nitrogen and oxygen atoms in total. The topological polar surface area (TPSA) is 79.9 Å². The van der Waals surface area contributed by atoms with E-state index in [4.69, 9.17) is 9.47 Å². The summed E-state index contributed by atoms with van der Waals surface area (Å²) in [7, 11) is 6.93. The van der Waals surface area contributed by atoms with Crippen LogP contribution in [0.25, 0.3) is 0 Å². The Morgan fingerprint density at radius 3 is 1.85 bits per heavy atom. The highest BCUT2D eigenvalue weighted by Gasteiger charge is 2.11. The fourth-order valence-corrected chi connectivity index (χ4v) is 2.44. The molecule has 7 heteroatoms. The monoisotopic (exact) mass is 371 g/mol. The molecule has 27 heavy (non-hydrogen) atoms. The molecule has 0 radical (unpaired) electrons. The van der Waals surface area contributed by atoms with Crippen LogP contribution in [0.2, 0.25) is 0 Å². The predicted molar refractivity (Wildman–Crippen MR) is 105 cm³/mol. The Morgan fingerprint density at radius 2 is 1.33 bits per heavy atom. The Morgan fingerprint density at radius 1 is 0.815 bits per heavy atom. The average Bonchev–Trinajstić information content (AvgIpc) is 2.70. The van der Waals surface area contributed by atoms with Gasteiger partial charge in [-0.1, -0.05) is 0 Å². The minimum absolute atomic E-state index is 0.180. The molecule has 144 valence electrons. The van der Waals surface area contributed by atoms with E-state index in [0.717, 1.165) is 5.69 Å². The first-order valence-electron chi connectivity index (χ1n) is 8.52. The van der Waals surface area contributed by atoms with Gasteiger partial charge in [-0.15, -0.1) is 0 Å². The maximum atomic E-state index is 12.2. The van der Waals surface area contributed by atoms with Gasteiger partial charge in [-0.2, -0.15) is 0 Å². The van der Waals surface area contributed by atoms with E-state index in [1.807, 2.05) is 31.1 Å². The molecule has 2 amide bonds. The highest BCUT2D eigenvalue weighted by molar-refractivity contribution is 5.95. The largest absolute Gasteiger partial charge is 0.493 e. The van der Waals surface area contributed by atoms with Crippen molar-refractivity contribution in [3.8, 4) is 11.5 Å². The molecule has 2 rings (SSSR count). The normalized spacial score (nSPS) is 10.1. The maximum absolute atomic E-state index is 12.2. The lowest BCUT2D eigenvalue weighted by Crippen LogP contribution is -2.34. The average molecular weight is 371 g/mol. The summed E-state index contributed by atoms with van der Waals surface area (Å²) in [5.41, 5.74) is 2.05. The van der Waals surface area contributed by atoms with Gasteiger partial charge in [0.25, 0.3) is 11.8 Å². The number of methoxy groups -OCH3 is 2. The fourth-order valence-electron chi connectivity index (χ4n) is 2.44. The van der Waals surface area contributed by atoms with E-state index in [1.165, 1.54) is 14.2 Å². The predicted octanol–water partition coefficient (Wildman–Crippen LogP) is 1.93. The highest BCUT2D eigenvalue weighted by atomic mass is 16.5. The molecule has 2 aromatic rings. The molecule has 0 aromatic heterocycles. The lowest BCUT2D eigenvalue weighted by atomic mass is 10.2. The van der Waals surface area contributed by atoms with Crippen molar-refractivity contribution in [1.29, 1.82) is 0 Å². The Bertz CT molecular complexity index is 788. The van der Waals surface area contributed by atoms with Gasteiger partial charge < -0.3 is 25.0 Å². The molecule has 0 aliphatic rings. The molecule has 0 heterocycles. The molecular formula is C20H25N3O4. The Kier molecular flexibility index (Phi) is 7.05. The number of carbonyl (C=O) groups excluding carboxylic acids is 2. The summed E-state index contributed by atoms with van der Waals surface area (Å²) in [6.07, 6.45) is 0. The Balaban J connectivity index is 1.82. The van der Waals surface area contributed by atoms with Crippen LogP contribution in [0, 0.1) is 0 Å². The standard InChI is InChI=1S/C20H25N3O4/c1-23(2)16-8-5-14(6-9-16)19(24)21-11-12-22-20(25)15-7-10-17(26-3)18(13-15)27-4/h5-10,13H,11-12H2,1-4H3,(H,21,24)(H,22,25). The molecule has 0 bridgehead atoms. The van der Waals surface area contributed by atoms with Gasteiger partial charge in [0.05, 0.1) is 14.2 Å². The smallest absolute Gasteiger partial charge is 0.251 e. The van der Waals surface area contributed by atoms with E-state index in [2.05, 4.69) is 10.6 Å². The van der Waals surface area contributed by atoms with Crippen LogP contribution in [0.1, 0.15) is 20.7 Å². The molecule has 0 spiro atoms. The van der Waals surface area contributed by atoms with Crippen LogP contribution in [0.15, 0.2) is 42.5 Å². The number of amides is 2. The van der Waals surface area contributed by atoms with Crippen molar-refractivity contribution in [2.45, 2.75) is 0 Å². The van der Waals surface area contributed by atoms with E-state index < -0.39 is 0 Å². The third kappa shape index (κ3) is 5.37. The van der Waals surface area contributed by atoms with Gasteiger partial charge in [-0.05, 0) is 42.5 Å². The summed E-state index contributed by atoms with van der Waals surface area (Å²) >= 11 is 0. The number of anilines is 1. The molecule has 0 aliphatic heterocycles. The molecule has 0 fully saturated rings. The van der Waals surface area contributed by atoms with Crippen LogP contribution in [0.5, 0.6) is 11.5 Å². The summed E-state index contributed by atoms with van der Waals surface area (Å²) in [4.78, 5) is 26.3. The summed E-state index contributed by atoms with van der Waals surface area (Å²) < 4.78 is 10.3. The number of hydrogen-bond acceptors (Lipinski definition) is 5. The second kappa shape index (κ2) is 9.47. The van der Waals surface area contributed by atoms with Gasteiger partial charge in [0.2, 0.25) is 0 Å². The summed E-state index contributed by atoms with van der Waals surface area (Å²) in [6.45, 7) is 0.641. The van der Waals surface area contributed by atoms with E-state index in [0.29, 0.717) is 35.7 Å². The minimum atomic E-state index is -0.250. The Hall–Kier alpha value is -3.22. The number of hydrogen-bond donors (Lipinski definition) is 2. The second-order valence-electron chi connectivity index (χ2n) is 6.02. The van der Waals surface area contributed by atoms with Crippen molar-refractivity contribution < 1.29 is 19.1 Å². The number of nitrogens with one attached hydrogen (secondary N) is 2. The van der Waals surface area contributed by atoms with Crippen molar-refractivity contribution in [3.63, 3.8) is 0 Å². The zero-order valence-electron chi connectivity index (χ0n) is 16.0. The third-order valence-electron chi connectivity index (χ3n) is 3.99. The molecule has 2 N–H and O–H groups in total. The first kappa shape index (κ1) is 20.1. The van der Waals surface area contributed by atoms with Crippen molar-refractivity contribution in [3.05, 3.63) is 53.6 Å². The lowest BCUT2D eigenvalue weighted by molar-refractivity contribution is 0.0927. The van der Waals surface area contributed by atoms with Crippen LogP contribution in [-0.2, 0) is 0 Å². The number of nitrogens with zero attached hydrogens (tertiary/aromatic N) is 1. The molecule has 0 atom stereocenters. The SMILES string of the molecule is COc1ccc(C(=O)NCCNC(=O)c2ccc(N(C)C)cc2)cc1OC. The highest BCUT2D eigenvalue weighted by Crippen LogP contribution is 2.27. The fraction of sp³-hybridized carbons (Fsp3) is 0.300. The number of carbonyl (C=O) groups is 2. The molecule has 0 saturated heterocycles. The number of ether oxygens (including phenoxy) is 2. The lowest BCUT2D eigenvalue weighted by Gasteiger charge is -2.13. The molecule has 0 saturated carbocycles. The van der Waals surface area contributed by atoms with Crippen LogP contribution in [0.4, 0.5) is 5.69 Å². The molecular weight excluding hydrogens is 346 g/mol. The van der Waals surface area contributed by atoms with Crippen molar-refractivity contribution >= 4 is 17.5 Å². The summed E-state index contributed by atoms with van der Waals surface area (Å²) in [5.74, 6) is 0.613. The zero-order chi connectivity index (χ0) is 19.8. The number of benzene rings is 2. The van der Waals surface area contributed by atoms with Gasteiger partial charge in [0.1, 0.15) is 0 Å². The van der Waals surface area contributed by atoms with Crippen LogP contribution in [0.3, 0.4) is 0 Å². The zero-order valence-corrected chi connectivity index (χ0v) is 16.0. The summed E-state index contributed by atoms with van der Waals surface area (Å²) in [6, 6.07) is 12.2. The minimum Gasteiger partial charge on any atom is -0.493 e.